The summed E-state index contributed by atoms with van der Waals surface area (Å²) >= 11 is 6.06. The lowest BCUT2D eigenvalue weighted by Gasteiger charge is -2.09. The van der Waals surface area contributed by atoms with Gasteiger partial charge in [0.2, 0.25) is 0 Å². The molecule has 0 saturated carbocycles. The van der Waals surface area contributed by atoms with Gasteiger partial charge < -0.3 is 10.1 Å². The molecule has 1 aromatic heterocycles. The molecule has 0 fully saturated rings. The number of nitrogens with one attached hydrogen (secondary N) is 1. The highest BCUT2D eigenvalue weighted by Crippen LogP contribution is 2.27. The van der Waals surface area contributed by atoms with E-state index in [0.717, 1.165) is 0 Å². The molecule has 0 atom stereocenters. The molecule has 5 nitrogen and oxygen atoms in total. The predicted octanol–water partition coefficient (Wildman–Crippen LogP) is 4.23. The molecular weight excluding hydrogens is 345 g/mol. The summed E-state index contributed by atoms with van der Waals surface area (Å²) in [6.45, 7) is 1.70. The van der Waals surface area contributed by atoms with E-state index in [4.69, 9.17) is 16.3 Å². The van der Waals surface area contributed by atoms with Crippen LogP contribution >= 0.6 is 11.6 Å². The van der Waals surface area contributed by atoms with E-state index in [0.29, 0.717) is 27.7 Å². The van der Waals surface area contributed by atoms with Gasteiger partial charge in [0, 0.05) is 5.69 Å². The molecule has 3 aromatic rings. The van der Waals surface area contributed by atoms with Gasteiger partial charge in [0.1, 0.15) is 17.3 Å². The van der Waals surface area contributed by atoms with Gasteiger partial charge in [-0.15, -0.1) is 0 Å². The fourth-order valence-corrected chi connectivity index (χ4v) is 2.70. The number of aromatic nitrogens is 2. The topological polar surface area (TPSA) is 56.1 Å². The number of halogens is 2. The van der Waals surface area contributed by atoms with Crippen LogP contribution in [0.5, 0.6) is 5.75 Å². The van der Waals surface area contributed by atoms with Gasteiger partial charge in [-0.25, -0.2) is 9.07 Å². The molecule has 3 rings (SSSR count). The maximum absolute atomic E-state index is 13.9. The molecule has 1 N–H and O–H groups in total. The highest BCUT2D eigenvalue weighted by atomic mass is 35.5. The maximum atomic E-state index is 13.9. The Kier molecular flexibility index (Phi) is 4.72. The zero-order valence-corrected chi connectivity index (χ0v) is 14.3. The van der Waals surface area contributed by atoms with E-state index in [1.165, 1.54) is 24.1 Å². The summed E-state index contributed by atoms with van der Waals surface area (Å²) in [6, 6.07) is 11.2. The zero-order valence-electron chi connectivity index (χ0n) is 13.6. The van der Waals surface area contributed by atoms with Crippen molar-refractivity contribution in [2.75, 3.05) is 12.4 Å². The number of nitrogens with zero attached hydrogens (tertiary/aromatic N) is 2. The number of carbonyl (C=O) groups is 1. The van der Waals surface area contributed by atoms with Crippen molar-refractivity contribution in [1.29, 1.82) is 0 Å². The second-order valence-corrected chi connectivity index (χ2v) is 5.72. The minimum atomic E-state index is -0.414. The Morgan fingerprint density at radius 2 is 2.04 bits per heavy atom. The Hall–Kier alpha value is -2.86. The lowest BCUT2D eigenvalue weighted by molar-refractivity contribution is 0.102. The minimum Gasteiger partial charge on any atom is -0.495 e. The fourth-order valence-electron chi connectivity index (χ4n) is 2.44. The normalized spacial score (nSPS) is 10.6. The van der Waals surface area contributed by atoms with E-state index in [2.05, 4.69) is 10.4 Å². The molecule has 0 spiro atoms. The predicted molar refractivity (Wildman–Crippen MR) is 94.2 cm³/mol. The summed E-state index contributed by atoms with van der Waals surface area (Å²) < 4.78 is 20.4. The van der Waals surface area contributed by atoms with Gasteiger partial charge in [0.05, 0.1) is 29.6 Å². The molecule has 128 valence electrons. The number of amides is 1. The van der Waals surface area contributed by atoms with Crippen LogP contribution in [0.3, 0.4) is 0 Å². The molecule has 1 heterocycles. The third-order valence-electron chi connectivity index (χ3n) is 3.74. The summed E-state index contributed by atoms with van der Waals surface area (Å²) in [5.74, 6) is -0.257. The van der Waals surface area contributed by atoms with E-state index in [-0.39, 0.29) is 11.6 Å². The van der Waals surface area contributed by atoms with Gasteiger partial charge in [-0.2, -0.15) is 5.10 Å². The van der Waals surface area contributed by atoms with Crippen LogP contribution < -0.4 is 10.1 Å². The van der Waals surface area contributed by atoms with Gasteiger partial charge in [-0.3, -0.25) is 4.79 Å². The average Bonchev–Trinajstić information content (AvgIpc) is 2.97. The summed E-state index contributed by atoms with van der Waals surface area (Å²) in [5, 5.41) is 7.26. The number of methoxy groups -OCH3 is 1. The molecule has 0 radical (unpaired) electrons. The number of rotatable bonds is 4. The Morgan fingerprint density at radius 1 is 1.28 bits per heavy atom. The summed E-state index contributed by atoms with van der Waals surface area (Å²) in [4.78, 5) is 12.5. The molecule has 0 aliphatic carbocycles. The number of carbonyl (C=O) groups excluding carboxylic acids is 1. The van der Waals surface area contributed by atoms with E-state index in [9.17, 15) is 9.18 Å². The Bertz CT molecular complexity index is 940. The van der Waals surface area contributed by atoms with Gasteiger partial charge in [0.25, 0.3) is 5.91 Å². The molecule has 2 aromatic carbocycles. The van der Waals surface area contributed by atoms with E-state index in [1.54, 1.807) is 43.3 Å². The number of hydrogen-bond acceptors (Lipinski definition) is 3. The second kappa shape index (κ2) is 6.94. The Morgan fingerprint density at radius 3 is 2.72 bits per heavy atom. The third kappa shape index (κ3) is 3.34. The number of benzene rings is 2. The van der Waals surface area contributed by atoms with E-state index >= 15 is 0 Å². The fraction of sp³-hybridized carbons (Fsp3) is 0.111. The van der Waals surface area contributed by atoms with Gasteiger partial charge in [-0.05, 0) is 37.3 Å². The summed E-state index contributed by atoms with van der Waals surface area (Å²) in [6.07, 6.45) is 1.40. The van der Waals surface area contributed by atoms with Crippen molar-refractivity contribution in [1.82, 2.24) is 9.78 Å². The monoisotopic (exact) mass is 359 g/mol. The number of anilines is 1. The van der Waals surface area contributed by atoms with Gasteiger partial charge >= 0.3 is 0 Å². The largest absolute Gasteiger partial charge is 0.495 e. The molecule has 1 amide bonds. The summed E-state index contributed by atoms with van der Waals surface area (Å²) in [7, 11) is 1.51. The average molecular weight is 360 g/mol. The van der Waals surface area contributed by atoms with Gasteiger partial charge in [0.15, 0.2) is 0 Å². The lowest BCUT2D eigenvalue weighted by Crippen LogP contribution is -2.13. The molecule has 25 heavy (non-hydrogen) atoms. The summed E-state index contributed by atoms with van der Waals surface area (Å²) in [5.41, 5.74) is 1.68. The quantitative estimate of drug-likeness (QED) is 0.758. The number of ether oxygens (including phenoxy) is 1. The van der Waals surface area contributed by atoms with Crippen LogP contribution in [0.2, 0.25) is 5.02 Å². The van der Waals surface area contributed by atoms with Crippen LogP contribution in [0.15, 0.2) is 48.7 Å². The first-order chi connectivity index (χ1) is 12.0. The molecule has 0 saturated heterocycles. The first-order valence-corrected chi connectivity index (χ1v) is 7.83. The van der Waals surface area contributed by atoms with Crippen LogP contribution in [0, 0.1) is 12.7 Å². The van der Waals surface area contributed by atoms with Crippen molar-refractivity contribution in [3.63, 3.8) is 0 Å². The van der Waals surface area contributed by atoms with Crippen molar-refractivity contribution >= 4 is 23.2 Å². The first-order valence-electron chi connectivity index (χ1n) is 7.45. The molecule has 0 unspecified atom stereocenters. The van der Waals surface area contributed by atoms with Crippen LogP contribution in [-0.2, 0) is 0 Å². The zero-order chi connectivity index (χ0) is 18.0. The van der Waals surface area contributed by atoms with Crippen molar-refractivity contribution in [3.05, 3.63) is 70.8 Å². The van der Waals surface area contributed by atoms with Crippen molar-refractivity contribution in [3.8, 4) is 11.4 Å². The van der Waals surface area contributed by atoms with Gasteiger partial charge in [-0.1, -0.05) is 23.7 Å². The maximum Gasteiger partial charge on any atom is 0.259 e. The second-order valence-electron chi connectivity index (χ2n) is 5.31. The Balaban J connectivity index is 1.87. The van der Waals surface area contributed by atoms with Crippen LogP contribution in [0.25, 0.3) is 5.69 Å². The van der Waals surface area contributed by atoms with Crippen LogP contribution in [-0.4, -0.2) is 22.8 Å². The molecule has 0 aliphatic heterocycles. The smallest absolute Gasteiger partial charge is 0.259 e. The first kappa shape index (κ1) is 17.0. The van der Waals surface area contributed by atoms with E-state index < -0.39 is 5.82 Å². The van der Waals surface area contributed by atoms with Crippen molar-refractivity contribution < 1.29 is 13.9 Å². The standard InChI is InChI=1S/C18H15ClFN3O2/c1-11-13(10-21-23(11)16-6-4-3-5-15(16)20)18(24)22-12-7-8-17(25-2)14(19)9-12/h3-10H,1-2H3,(H,22,24). The molecule has 7 heteroatoms. The molecular formula is C18H15ClFN3O2. The van der Waals surface area contributed by atoms with Crippen LogP contribution in [0.4, 0.5) is 10.1 Å². The Labute approximate surface area is 149 Å². The van der Waals surface area contributed by atoms with E-state index in [1.807, 2.05) is 0 Å². The third-order valence-corrected chi connectivity index (χ3v) is 4.04. The minimum absolute atomic E-state index is 0.284. The van der Waals surface area contributed by atoms with Crippen LogP contribution in [0.1, 0.15) is 16.1 Å². The SMILES string of the molecule is COc1ccc(NC(=O)c2cnn(-c3ccccc3F)c2C)cc1Cl. The molecule has 0 bridgehead atoms. The highest BCUT2D eigenvalue weighted by Gasteiger charge is 2.17. The van der Waals surface area contributed by atoms with Crippen molar-refractivity contribution in [2.24, 2.45) is 0 Å². The lowest BCUT2D eigenvalue weighted by atomic mass is 10.2. The number of hydrogen-bond donors (Lipinski definition) is 1. The van der Waals surface area contributed by atoms with Crippen molar-refractivity contribution in [2.45, 2.75) is 6.92 Å². The highest BCUT2D eigenvalue weighted by molar-refractivity contribution is 6.32. The number of para-hydroxylation sites is 1. The molecule has 0 aliphatic rings.